The van der Waals surface area contributed by atoms with E-state index in [2.05, 4.69) is 19.1 Å². The molecule has 4 atom stereocenters. The van der Waals surface area contributed by atoms with Crippen molar-refractivity contribution in [2.24, 2.45) is 5.92 Å². The smallest absolute Gasteiger partial charge is 0.102 e. The highest BCUT2D eigenvalue weighted by molar-refractivity contribution is 5.06. The number of allylic oxidation sites excluding steroid dienone is 2. The Balaban J connectivity index is 2.83. The molecule has 3 nitrogen and oxygen atoms in total. The Morgan fingerprint density at radius 3 is 2.67 bits per heavy atom. The predicted molar refractivity (Wildman–Crippen MR) is 87.2 cm³/mol. The molecule has 0 saturated carbocycles. The maximum Gasteiger partial charge on any atom is 0.102 e. The summed E-state index contributed by atoms with van der Waals surface area (Å²) in [6.07, 6.45) is 10.9. The van der Waals surface area contributed by atoms with E-state index >= 15 is 0 Å². The fourth-order valence-corrected chi connectivity index (χ4v) is 2.85. The fourth-order valence-electron chi connectivity index (χ4n) is 2.85. The van der Waals surface area contributed by atoms with Gasteiger partial charge in [-0.15, -0.1) is 0 Å². The van der Waals surface area contributed by atoms with Gasteiger partial charge in [-0.2, -0.15) is 0 Å². The summed E-state index contributed by atoms with van der Waals surface area (Å²) in [6.45, 7) is 6.02. The molecule has 2 N–H and O–H groups in total. The van der Waals surface area contributed by atoms with Crippen molar-refractivity contribution < 1.29 is 14.9 Å². The first kappa shape index (κ1) is 18.4. The molecule has 0 saturated heterocycles. The third kappa shape index (κ3) is 6.77. The van der Waals surface area contributed by atoms with Gasteiger partial charge in [0.1, 0.15) is 6.10 Å². The van der Waals surface area contributed by atoms with Crippen LogP contribution in [0.15, 0.2) is 23.8 Å². The van der Waals surface area contributed by atoms with Crippen LogP contribution in [0.3, 0.4) is 0 Å². The van der Waals surface area contributed by atoms with Gasteiger partial charge in [0.2, 0.25) is 0 Å². The molecule has 122 valence electrons. The summed E-state index contributed by atoms with van der Waals surface area (Å²) in [6, 6.07) is 0. The lowest BCUT2D eigenvalue weighted by molar-refractivity contribution is -0.00202. The number of aliphatic hydroxyl groups is 2. The molecule has 0 aromatic rings. The van der Waals surface area contributed by atoms with Crippen molar-refractivity contribution >= 4 is 0 Å². The minimum atomic E-state index is -0.583. The van der Waals surface area contributed by atoms with E-state index in [1.807, 2.05) is 19.9 Å². The molecule has 0 spiro atoms. The molecule has 0 fully saturated rings. The number of hydrogen-bond acceptors (Lipinski definition) is 3. The van der Waals surface area contributed by atoms with Crippen molar-refractivity contribution in [3.8, 4) is 0 Å². The van der Waals surface area contributed by atoms with Crippen molar-refractivity contribution in [2.45, 2.75) is 77.1 Å². The Bertz CT molecular complexity index is 357. The lowest BCUT2D eigenvalue weighted by atomic mass is 9.89. The lowest BCUT2D eigenvalue weighted by Crippen LogP contribution is -2.31. The quantitative estimate of drug-likeness (QED) is 0.727. The average Bonchev–Trinajstić information content (AvgIpc) is 2.43. The minimum Gasteiger partial charge on any atom is -0.390 e. The van der Waals surface area contributed by atoms with Gasteiger partial charge < -0.3 is 14.9 Å². The molecule has 0 amide bonds. The van der Waals surface area contributed by atoms with E-state index in [0.29, 0.717) is 0 Å². The summed E-state index contributed by atoms with van der Waals surface area (Å²) in [7, 11) is 1.64. The minimum absolute atomic E-state index is 0.0347. The van der Waals surface area contributed by atoms with Crippen LogP contribution in [-0.2, 0) is 4.74 Å². The molecular formula is C18H32O3. The van der Waals surface area contributed by atoms with Gasteiger partial charge in [-0.25, -0.2) is 0 Å². The van der Waals surface area contributed by atoms with E-state index in [0.717, 1.165) is 38.5 Å². The first-order valence-corrected chi connectivity index (χ1v) is 8.13. The molecule has 3 heteroatoms. The molecule has 0 heterocycles. The van der Waals surface area contributed by atoms with Crippen LogP contribution in [-0.4, -0.2) is 35.1 Å². The molecule has 0 bridgehead atoms. The van der Waals surface area contributed by atoms with Crippen LogP contribution in [0, 0.1) is 5.92 Å². The van der Waals surface area contributed by atoms with Crippen molar-refractivity contribution in [2.75, 3.05) is 7.11 Å². The van der Waals surface area contributed by atoms with Crippen molar-refractivity contribution in [3.63, 3.8) is 0 Å². The summed E-state index contributed by atoms with van der Waals surface area (Å²) in [5.74, 6) is 0.0347. The Kier molecular flexibility index (Phi) is 7.64. The van der Waals surface area contributed by atoms with Crippen molar-refractivity contribution in [1.82, 2.24) is 0 Å². The Morgan fingerprint density at radius 1 is 1.29 bits per heavy atom. The SMILES string of the molecule is CO[C@H]1C=CCCCCC(C)(O)CCC(C)=C[C@@H](C)[C@@H]1O. The first-order valence-electron chi connectivity index (χ1n) is 8.13. The third-order valence-electron chi connectivity index (χ3n) is 4.41. The zero-order valence-electron chi connectivity index (χ0n) is 14.0. The molecular weight excluding hydrogens is 264 g/mol. The maximum absolute atomic E-state index is 10.4. The summed E-state index contributed by atoms with van der Waals surface area (Å²) >= 11 is 0. The van der Waals surface area contributed by atoms with Crippen molar-refractivity contribution in [3.05, 3.63) is 23.8 Å². The molecule has 1 aliphatic rings. The maximum atomic E-state index is 10.4. The van der Waals surface area contributed by atoms with E-state index in [-0.39, 0.29) is 12.0 Å². The summed E-state index contributed by atoms with van der Waals surface area (Å²) in [4.78, 5) is 0. The number of hydrogen-bond donors (Lipinski definition) is 2. The largest absolute Gasteiger partial charge is 0.390 e. The van der Waals surface area contributed by atoms with Gasteiger partial charge in [0.05, 0.1) is 11.7 Å². The molecule has 0 aliphatic heterocycles. The standard InChI is InChI=1S/C18H32O3/c1-14-10-12-18(3,20)11-8-6-5-7-9-16(21-4)17(19)15(2)13-14/h7,9,13,15-17,19-20H,5-6,8,10-12H2,1-4H3/t15-,16+,17+,18?/m1/s1. The Labute approximate surface area is 129 Å². The summed E-state index contributed by atoms with van der Waals surface area (Å²) in [5, 5.41) is 20.8. The predicted octanol–water partition coefficient (Wildman–Crippen LogP) is 3.61. The second-order valence-corrected chi connectivity index (χ2v) is 6.73. The van der Waals surface area contributed by atoms with Gasteiger partial charge in [-0.05, 0) is 46.0 Å². The number of methoxy groups -OCH3 is 1. The second kappa shape index (κ2) is 8.72. The van der Waals surface area contributed by atoms with Crippen LogP contribution in [0.5, 0.6) is 0 Å². The van der Waals surface area contributed by atoms with Gasteiger partial charge in [0.25, 0.3) is 0 Å². The Morgan fingerprint density at radius 2 is 2.00 bits per heavy atom. The van der Waals surface area contributed by atoms with Crippen LogP contribution in [0.1, 0.15) is 59.3 Å². The molecule has 0 aromatic carbocycles. The highest BCUT2D eigenvalue weighted by atomic mass is 16.5. The molecule has 0 aromatic heterocycles. The van der Waals surface area contributed by atoms with E-state index in [1.165, 1.54) is 5.57 Å². The normalized spacial score (nSPS) is 36.9. The highest BCUT2D eigenvalue weighted by Crippen LogP contribution is 2.24. The van der Waals surface area contributed by atoms with Gasteiger partial charge in [-0.3, -0.25) is 0 Å². The fraction of sp³-hybridized carbons (Fsp3) is 0.778. The van der Waals surface area contributed by atoms with Gasteiger partial charge in [0.15, 0.2) is 0 Å². The third-order valence-corrected chi connectivity index (χ3v) is 4.41. The molecule has 1 aliphatic carbocycles. The zero-order valence-corrected chi connectivity index (χ0v) is 14.0. The van der Waals surface area contributed by atoms with E-state index < -0.39 is 11.7 Å². The average molecular weight is 296 g/mol. The van der Waals surface area contributed by atoms with Crippen LogP contribution in [0.25, 0.3) is 0 Å². The molecule has 21 heavy (non-hydrogen) atoms. The lowest BCUT2D eigenvalue weighted by Gasteiger charge is -2.25. The van der Waals surface area contributed by atoms with Crippen LogP contribution >= 0.6 is 0 Å². The monoisotopic (exact) mass is 296 g/mol. The van der Waals surface area contributed by atoms with Crippen LogP contribution in [0.2, 0.25) is 0 Å². The van der Waals surface area contributed by atoms with Gasteiger partial charge in [0, 0.05) is 13.0 Å². The van der Waals surface area contributed by atoms with Gasteiger partial charge >= 0.3 is 0 Å². The number of ether oxygens (including phenoxy) is 1. The first-order chi connectivity index (χ1) is 9.85. The van der Waals surface area contributed by atoms with Gasteiger partial charge in [-0.1, -0.05) is 37.1 Å². The molecule has 0 radical (unpaired) electrons. The highest BCUT2D eigenvalue weighted by Gasteiger charge is 2.23. The van der Waals surface area contributed by atoms with E-state index in [1.54, 1.807) is 7.11 Å². The summed E-state index contributed by atoms with van der Waals surface area (Å²) in [5.41, 5.74) is 0.637. The van der Waals surface area contributed by atoms with E-state index in [9.17, 15) is 10.2 Å². The zero-order chi connectivity index (χ0) is 15.9. The number of aliphatic hydroxyl groups excluding tert-OH is 1. The van der Waals surface area contributed by atoms with Crippen molar-refractivity contribution in [1.29, 1.82) is 0 Å². The molecule has 1 unspecified atom stereocenters. The van der Waals surface area contributed by atoms with Crippen LogP contribution in [0.4, 0.5) is 0 Å². The van der Waals surface area contributed by atoms with Crippen LogP contribution < -0.4 is 0 Å². The number of rotatable bonds is 1. The topological polar surface area (TPSA) is 49.7 Å². The Hall–Kier alpha value is -0.640. The summed E-state index contributed by atoms with van der Waals surface area (Å²) < 4.78 is 5.40. The second-order valence-electron chi connectivity index (χ2n) is 6.73. The van der Waals surface area contributed by atoms with E-state index in [4.69, 9.17) is 4.74 Å². The molecule has 1 rings (SSSR count).